The van der Waals surface area contributed by atoms with E-state index in [9.17, 15) is 8.42 Å². The van der Waals surface area contributed by atoms with Crippen LogP contribution in [0.1, 0.15) is 11.1 Å². The minimum atomic E-state index is -3.48. The molecule has 2 aromatic rings. The molecular formula is C14H14N2O2S. The number of nitrogens with zero attached hydrogens (tertiary/aromatic N) is 1. The molecule has 0 saturated carbocycles. The van der Waals surface area contributed by atoms with Crippen LogP contribution in [0.2, 0.25) is 0 Å². The Labute approximate surface area is 112 Å². The minimum absolute atomic E-state index is 0.360. The smallest absolute Gasteiger partial charge is 0.257 e. The van der Waals surface area contributed by atoms with E-state index in [0.717, 1.165) is 16.8 Å². The summed E-state index contributed by atoms with van der Waals surface area (Å²) in [6, 6.07) is 14.8. The molecule has 0 radical (unpaired) electrons. The third-order valence-electron chi connectivity index (χ3n) is 3.13. The fourth-order valence-corrected chi connectivity index (χ4v) is 3.53. The number of rotatable bonds is 1. The summed E-state index contributed by atoms with van der Waals surface area (Å²) in [7, 11) is -3.48. The molecule has 0 unspecified atom stereocenters. The highest BCUT2D eigenvalue weighted by Gasteiger charge is 2.27. The van der Waals surface area contributed by atoms with Crippen molar-refractivity contribution in [2.24, 2.45) is 0 Å². The van der Waals surface area contributed by atoms with Crippen molar-refractivity contribution >= 4 is 15.7 Å². The number of benzene rings is 2. The van der Waals surface area contributed by atoms with E-state index in [0.29, 0.717) is 11.4 Å². The lowest BCUT2D eigenvalue weighted by molar-refractivity contribution is 0.564. The number of hydrazine groups is 1. The standard InChI is InChI=1S/C14H14N2O2S/c1-11-5-4-7-13(9-11)16-10-12-6-2-3-8-14(12)19(17,18)15-16/h2-9,15H,10H2,1H3. The van der Waals surface area contributed by atoms with Crippen molar-refractivity contribution in [3.63, 3.8) is 0 Å². The third kappa shape index (κ3) is 2.22. The second-order valence-corrected chi connectivity index (χ2v) is 6.26. The molecule has 1 N–H and O–H groups in total. The Morgan fingerprint density at radius 1 is 1.11 bits per heavy atom. The number of nitrogens with one attached hydrogen (secondary N) is 1. The highest BCUT2D eigenvalue weighted by molar-refractivity contribution is 7.89. The van der Waals surface area contributed by atoms with Gasteiger partial charge in [0.25, 0.3) is 10.0 Å². The topological polar surface area (TPSA) is 49.4 Å². The number of hydrogen-bond acceptors (Lipinski definition) is 3. The van der Waals surface area contributed by atoms with Gasteiger partial charge in [0.1, 0.15) is 0 Å². The highest BCUT2D eigenvalue weighted by Crippen LogP contribution is 2.26. The first-order chi connectivity index (χ1) is 9.06. The Bertz CT molecular complexity index is 726. The van der Waals surface area contributed by atoms with Crippen molar-refractivity contribution in [1.82, 2.24) is 4.83 Å². The van der Waals surface area contributed by atoms with Crippen LogP contribution in [0.5, 0.6) is 0 Å². The van der Waals surface area contributed by atoms with Crippen LogP contribution < -0.4 is 9.84 Å². The quantitative estimate of drug-likeness (QED) is 0.867. The molecule has 0 bridgehead atoms. The van der Waals surface area contributed by atoms with E-state index >= 15 is 0 Å². The molecule has 19 heavy (non-hydrogen) atoms. The van der Waals surface area contributed by atoms with Crippen molar-refractivity contribution in [2.75, 3.05) is 5.01 Å². The minimum Gasteiger partial charge on any atom is -0.290 e. The lowest BCUT2D eigenvalue weighted by atomic mass is 10.2. The molecule has 0 fully saturated rings. The Balaban J connectivity index is 2.06. The summed E-state index contributed by atoms with van der Waals surface area (Å²) in [5.41, 5.74) is 2.75. The molecule has 3 rings (SSSR count). The van der Waals surface area contributed by atoms with Gasteiger partial charge in [0.15, 0.2) is 0 Å². The fourth-order valence-electron chi connectivity index (χ4n) is 2.23. The number of sulfonamides is 1. The van der Waals surface area contributed by atoms with E-state index in [1.807, 2.05) is 43.3 Å². The lowest BCUT2D eigenvalue weighted by Gasteiger charge is -2.30. The van der Waals surface area contributed by atoms with Gasteiger partial charge in [-0.25, -0.2) is 8.42 Å². The van der Waals surface area contributed by atoms with Gasteiger partial charge < -0.3 is 0 Å². The van der Waals surface area contributed by atoms with Crippen LogP contribution >= 0.6 is 0 Å². The van der Waals surface area contributed by atoms with Crippen LogP contribution in [-0.2, 0) is 16.6 Å². The van der Waals surface area contributed by atoms with Crippen LogP contribution in [0.3, 0.4) is 0 Å². The second-order valence-electron chi connectivity index (χ2n) is 4.63. The SMILES string of the molecule is Cc1cccc(N2Cc3ccccc3S(=O)(=O)N2)c1. The van der Waals surface area contributed by atoms with Gasteiger partial charge in [0, 0.05) is 0 Å². The van der Waals surface area contributed by atoms with Gasteiger partial charge in [-0.1, -0.05) is 30.3 Å². The van der Waals surface area contributed by atoms with Gasteiger partial charge in [-0.3, -0.25) is 5.01 Å². The van der Waals surface area contributed by atoms with E-state index < -0.39 is 10.0 Å². The van der Waals surface area contributed by atoms with E-state index in [4.69, 9.17) is 0 Å². The van der Waals surface area contributed by atoms with Gasteiger partial charge in [-0.15, -0.1) is 4.83 Å². The summed E-state index contributed by atoms with van der Waals surface area (Å²) < 4.78 is 24.4. The summed E-state index contributed by atoms with van der Waals surface area (Å²) in [6.45, 7) is 2.51. The molecule has 1 heterocycles. The second kappa shape index (κ2) is 4.36. The summed E-state index contributed by atoms with van der Waals surface area (Å²) in [6.07, 6.45) is 0. The molecule has 1 aliphatic rings. The zero-order valence-corrected chi connectivity index (χ0v) is 11.3. The molecule has 0 saturated heterocycles. The first-order valence-electron chi connectivity index (χ1n) is 6.01. The molecule has 2 aromatic carbocycles. The Hall–Kier alpha value is -1.85. The van der Waals surface area contributed by atoms with E-state index in [1.54, 1.807) is 17.1 Å². The summed E-state index contributed by atoms with van der Waals surface area (Å²) >= 11 is 0. The molecule has 0 aromatic heterocycles. The average Bonchev–Trinajstić information content (AvgIpc) is 2.38. The first-order valence-corrected chi connectivity index (χ1v) is 7.49. The third-order valence-corrected chi connectivity index (χ3v) is 4.57. The average molecular weight is 274 g/mol. The maximum atomic E-state index is 12.2. The van der Waals surface area contributed by atoms with Crippen molar-refractivity contribution in [2.45, 2.75) is 18.4 Å². The van der Waals surface area contributed by atoms with Gasteiger partial charge in [-0.05, 0) is 36.2 Å². The molecule has 1 aliphatic heterocycles. The maximum Gasteiger partial charge on any atom is 0.257 e. The molecule has 0 atom stereocenters. The lowest BCUT2D eigenvalue weighted by Crippen LogP contribution is -2.45. The van der Waals surface area contributed by atoms with Crippen molar-refractivity contribution in [3.8, 4) is 0 Å². The molecular weight excluding hydrogens is 260 g/mol. The summed E-state index contributed by atoms with van der Waals surface area (Å²) in [5.74, 6) is 0. The van der Waals surface area contributed by atoms with Crippen molar-refractivity contribution < 1.29 is 8.42 Å². The molecule has 0 spiro atoms. The Kier molecular flexibility index (Phi) is 2.80. The van der Waals surface area contributed by atoms with Crippen LogP contribution in [-0.4, -0.2) is 8.42 Å². The summed E-state index contributed by atoms with van der Waals surface area (Å²) in [5, 5.41) is 1.66. The predicted molar refractivity (Wildman–Crippen MR) is 74.1 cm³/mol. The zero-order chi connectivity index (χ0) is 13.5. The molecule has 0 amide bonds. The van der Waals surface area contributed by atoms with Crippen LogP contribution in [0, 0.1) is 6.92 Å². The van der Waals surface area contributed by atoms with E-state index in [2.05, 4.69) is 4.83 Å². The maximum absolute atomic E-state index is 12.2. The number of hydrogen-bond donors (Lipinski definition) is 1. The van der Waals surface area contributed by atoms with E-state index in [-0.39, 0.29) is 0 Å². The molecule has 98 valence electrons. The highest BCUT2D eigenvalue weighted by atomic mass is 32.2. The summed E-state index contributed by atoms with van der Waals surface area (Å²) in [4.78, 5) is 2.96. The van der Waals surface area contributed by atoms with Crippen molar-refractivity contribution in [3.05, 3.63) is 59.7 Å². The number of anilines is 1. The van der Waals surface area contributed by atoms with Crippen molar-refractivity contribution in [1.29, 1.82) is 0 Å². The van der Waals surface area contributed by atoms with Crippen LogP contribution in [0.15, 0.2) is 53.4 Å². The van der Waals surface area contributed by atoms with Crippen LogP contribution in [0.4, 0.5) is 5.69 Å². The van der Waals surface area contributed by atoms with Gasteiger partial charge in [0.05, 0.1) is 17.1 Å². The number of aryl methyl sites for hydroxylation is 1. The normalized spacial score (nSPS) is 17.0. The first kappa shape index (κ1) is 12.2. The molecule has 4 nitrogen and oxygen atoms in total. The van der Waals surface area contributed by atoms with Gasteiger partial charge in [-0.2, -0.15) is 0 Å². The number of fused-ring (bicyclic) bond motifs is 1. The zero-order valence-electron chi connectivity index (χ0n) is 10.5. The Morgan fingerprint density at radius 3 is 2.68 bits per heavy atom. The predicted octanol–water partition coefficient (Wildman–Crippen LogP) is 2.21. The van der Waals surface area contributed by atoms with E-state index in [1.165, 1.54) is 0 Å². The molecule has 0 aliphatic carbocycles. The molecule has 5 heteroatoms. The largest absolute Gasteiger partial charge is 0.290 e. The fraction of sp³-hybridized carbons (Fsp3) is 0.143. The Morgan fingerprint density at radius 2 is 1.89 bits per heavy atom. The van der Waals surface area contributed by atoms with Gasteiger partial charge >= 0.3 is 0 Å². The van der Waals surface area contributed by atoms with Crippen LogP contribution in [0.25, 0.3) is 0 Å². The van der Waals surface area contributed by atoms with Gasteiger partial charge in [0.2, 0.25) is 0 Å². The monoisotopic (exact) mass is 274 g/mol.